The first-order valence-corrected chi connectivity index (χ1v) is 6.07. The van der Waals surface area contributed by atoms with Gasteiger partial charge in [0.1, 0.15) is 0 Å². The van der Waals surface area contributed by atoms with Crippen molar-refractivity contribution in [3.8, 4) is 0 Å². The van der Waals surface area contributed by atoms with Crippen LogP contribution in [-0.4, -0.2) is 36.6 Å². The van der Waals surface area contributed by atoms with Gasteiger partial charge in [-0.1, -0.05) is 0 Å². The van der Waals surface area contributed by atoms with Gasteiger partial charge in [-0.25, -0.2) is 0 Å². The molecule has 0 spiro atoms. The Kier molecular flexibility index (Phi) is 4.90. The highest BCUT2D eigenvalue weighted by Gasteiger charge is 2.20. The van der Waals surface area contributed by atoms with E-state index in [1.54, 1.807) is 0 Å². The van der Waals surface area contributed by atoms with Gasteiger partial charge in [0.05, 0.1) is 0 Å². The summed E-state index contributed by atoms with van der Waals surface area (Å²) < 4.78 is 0. The molecule has 1 heterocycles. The summed E-state index contributed by atoms with van der Waals surface area (Å²) in [6.45, 7) is 12.9. The monoisotopic (exact) mass is 198 g/mol. The van der Waals surface area contributed by atoms with Crippen molar-refractivity contribution in [2.45, 2.75) is 52.6 Å². The molecule has 0 saturated carbocycles. The second kappa shape index (κ2) is 5.72. The molecule has 2 nitrogen and oxygen atoms in total. The van der Waals surface area contributed by atoms with Gasteiger partial charge in [-0.15, -0.1) is 0 Å². The van der Waals surface area contributed by atoms with Crippen molar-refractivity contribution in [2.75, 3.05) is 19.6 Å². The molecule has 0 amide bonds. The van der Waals surface area contributed by atoms with E-state index in [9.17, 15) is 0 Å². The maximum atomic E-state index is 3.49. The van der Waals surface area contributed by atoms with Crippen molar-refractivity contribution in [2.24, 2.45) is 5.92 Å². The van der Waals surface area contributed by atoms with Crippen LogP contribution < -0.4 is 5.32 Å². The van der Waals surface area contributed by atoms with Gasteiger partial charge in [0.25, 0.3) is 0 Å². The molecule has 0 aromatic heterocycles. The zero-order valence-corrected chi connectivity index (χ0v) is 10.2. The molecule has 1 aliphatic rings. The molecule has 1 saturated heterocycles. The van der Waals surface area contributed by atoms with Crippen molar-refractivity contribution in [3.63, 3.8) is 0 Å². The van der Waals surface area contributed by atoms with Crippen LogP contribution in [0.25, 0.3) is 0 Å². The summed E-state index contributed by atoms with van der Waals surface area (Å²) in [6, 6.07) is 1.36. The van der Waals surface area contributed by atoms with Gasteiger partial charge in [0, 0.05) is 18.6 Å². The Morgan fingerprint density at radius 1 is 1.21 bits per heavy atom. The van der Waals surface area contributed by atoms with Crippen LogP contribution in [0.15, 0.2) is 0 Å². The molecule has 1 atom stereocenters. The molecule has 84 valence electrons. The number of piperidine rings is 1. The van der Waals surface area contributed by atoms with Gasteiger partial charge in [-0.2, -0.15) is 0 Å². The fraction of sp³-hybridized carbons (Fsp3) is 1.00. The fourth-order valence-electron chi connectivity index (χ4n) is 2.40. The zero-order chi connectivity index (χ0) is 10.6. The first-order chi connectivity index (χ1) is 6.61. The normalized spacial score (nSPS) is 23.8. The summed E-state index contributed by atoms with van der Waals surface area (Å²) in [5.41, 5.74) is 0. The molecule has 1 aliphatic heterocycles. The first kappa shape index (κ1) is 12.0. The van der Waals surface area contributed by atoms with E-state index < -0.39 is 0 Å². The average Bonchev–Trinajstić information content (AvgIpc) is 2.15. The maximum Gasteiger partial charge on any atom is 0.00414 e. The summed E-state index contributed by atoms with van der Waals surface area (Å²) in [5, 5.41) is 3.49. The van der Waals surface area contributed by atoms with Crippen molar-refractivity contribution < 1.29 is 0 Å². The topological polar surface area (TPSA) is 15.3 Å². The first-order valence-electron chi connectivity index (χ1n) is 6.07. The van der Waals surface area contributed by atoms with Crippen LogP contribution in [0.3, 0.4) is 0 Å². The van der Waals surface area contributed by atoms with Crippen LogP contribution in [0.1, 0.15) is 40.5 Å². The number of hydrogen-bond donors (Lipinski definition) is 1. The molecule has 14 heavy (non-hydrogen) atoms. The third kappa shape index (κ3) is 3.58. The lowest BCUT2D eigenvalue weighted by atomic mass is 9.98. The number of nitrogens with one attached hydrogen (secondary N) is 1. The molecule has 0 aromatic carbocycles. The van der Waals surface area contributed by atoms with E-state index in [0.29, 0.717) is 12.1 Å². The lowest BCUT2D eigenvalue weighted by Gasteiger charge is -2.35. The minimum absolute atomic E-state index is 0.678. The van der Waals surface area contributed by atoms with Gasteiger partial charge < -0.3 is 5.32 Å². The molecule has 1 fully saturated rings. The Morgan fingerprint density at radius 3 is 2.29 bits per heavy atom. The molecule has 0 bridgehead atoms. The molecule has 2 heteroatoms. The molecular formula is C12H26N2. The Morgan fingerprint density at radius 2 is 1.86 bits per heavy atom. The Hall–Kier alpha value is -0.0800. The Bertz CT molecular complexity index is 140. The van der Waals surface area contributed by atoms with Crippen LogP contribution in [0.2, 0.25) is 0 Å². The van der Waals surface area contributed by atoms with Crippen molar-refractivity contribution in [1.82, 2.24) is 10.2 Å². The highest BCUT2D eigenvalue weighted by atomic mass is 15.2. The van der Waals surface area contributed by atoms with E-state index in [2.05, 4.69) is 37.9 Å². The quantitative estimate of drug-likeness (QED) is 0.744. The molecular weight excluding hydrogens is 172 g/mol. The van der Waals surface area contributed by atoms with Gasteiger partial charge >= 0.3 is 0 Å². The summed E-state index contributed by atoms with van der Waals surface area (Å²) in [6.07, 6.45) is 2.76. The van der Waals surface area contributed by atoms with Gasteiger partial charge in [0.15, 0.2) is 0 Å². The number of hydrogen-bond acceptors (Lipinski definition) is 2. The molecule has 1 unspecified atom stereocenters. The second-order valence-electron chi connectivity index (χ2n) is 5.10. The average molecular weight is 198 g/mol. The van der Waals surface area contributed by atoms with Gasteiger partial charge in [-0.3, -0.25) is 4.90 Å². The van der Waals surface area contributed by atoms with Crippen LogP contribution in [-0.2, 0) is 0 Å². The molecule has 1 N–H and O–H groups in total. The fourth-order valence-corrected chi connectivity index (χ4v) is 2.40. The summed E-state index contributed by atoms with van der Waals surface area (Å²) in [7, 11) is 0. The van der Waals surface area contributed by atoms with E-state index >= 15 is 0 Å². The Labute approximate surface area is 89.1 Å². The molecule has 0 aromatic rings. The highest BCUT2D eigenvalue weighted by Crippen LogP contribution is 2.15. The predicted molar refractivity (Wildman–Crippen MR) is 62.6 cm³/mol. The molecule has 0 radical (unpaired) electrons. The number of nitrogens with zero attached hydrogens (tertiary/aromatic N) is 1. The minimum atomic E-state index is 0.678. The van der Waals surface area contributed by atoms with Crippen LogP contribution in [0.5, 0.6) is 0 Å². The van der Waals surface area contributed by atoms with Crippen molar-refractivity contribution in [3.05, 3.63) is 0 Å². The zero-order valence-electron chi connectivity index (χ0n) is 10.2. The van der Waals surface area contributed by atoms with Crippen LogP contribution in [0.4, 0.5) is 0 Å². The standard InChI is InChI=1S/C12H26N2/c1-10(2)14(11(3)4)9-12-6-5-7-13-8-12/h10-13H,5-9H2,1-4H3. The Balaban J connectivity index is 2.37. The highest BCUT2D eigenvalue weighted by molar-refractivity contribution is 4.76. The third-order valence-corrected chi connectivity index (χ3v) is 3.19. The SMILES string of the molecule is CC(C)N(CC1CCCNC1)C(C)C. The van der Waals surface area contributed by atoms with Crippen molar-refractivity contribution in [1.29, 1.82) is 0 Å². The molecule has 1 rings (SSSR count). The van der Waals surface area contributed by atoms with E-state index in [1.165, 1.54) is 32.5 Å². The minimum Gasteiger partial charge on any atom is -0.316 e. The van der Waals surface area contributed by atoms with Gasteiger partial charge in [-0.05, 0) is 59.5 Å². The second-order valence-corrected chi connectivity index (χ2v) is 5.10. The van der Waals surface area contributed by atoms with Crippen molar-refractivity contribution >= 4 is 0 Å². The van der Waals surface area contributed by atoms with Crippen LogP contribution in [0, 0.1) is 5.92 Å². The number of rotatable bonds is 4. The summed E-state index contributed by atoms with van der Waals surface area (Å²) in [5.74, 6) is 0.869. The third-order valence-electron chi connectivity index (χ3n) is 3.19. The van der Waals surface area contributed by atoms with Crippen LogP contribution >= 0.6 is 0 Å². The maximum absolute atomic E-state index is 3.49. The van der Waals surface area contributed by atoms with E-state index in [4.69, 9.17) is 0 Å². The van der Waals surface area contributed by atoms with E-state index in [1.807, 2.05) is 0 Å². The lowest BCUT2D eigenvalue weighted by molar-refractivity contribution is 0.135. The van der Waals surface area contributed by atoms with E-state index in [0.717, 1.165) is 5.92 Å². The molecule has 0 aliphatic carbocycles. The largest absolute Gasteiger partial charge is 0.316 e. The van der Waals surface area contributed by atoms with E-state index in [-0.39, 0.29) is 0 Å². The smallest absolute Gasteiger partial charge is 0.00414 e. The summed E-state index contributed by atoms with van der Waals surface area (Å²) >= 11 is 0. The summed E-state index contributed by atoms with van der Waals surface area (Å²) in [4.78, 5) is 2.61. The predicted octanol–water partition coefficient (Wildman–Crippen LogP) is 2.10. The van der Waals surface area contributed by atoms with Gasteiger partial charge in [0.2, 0.25) is 0 Å². The lowest BCUT2D eigenvalue weighted by Crippen LogP contribution is -2.44.